The molecule has 0 saturated heterocycles. The monoisotopic (exact) mass is 1250 g/mol. The van der Waals surface area contributed by atoms with Crippen LogP contribution in [0.4, 0.5) is 0 Å². The highest BCUT2D eigenvalue weighted by Crippen LogP contribution is 2.43. The normalized spacial score (nSPS) is 10.2. The van der Waals surface area contributed by atoms with Gasteiger partial charge >= 0.3 is 47.8 Å². The van der Waals surface area contributed by atoms with Crippen molar-refractivity contribution in [3.05, 3.63) is 180 Å². The highest BCUT2D eigenvalue weighted by molar-refractivity contribution is 6.06. The fourth-order valence-electron chi connectivity index (χ4n) is 8.38. The van der Waals surface area contributed by atoms with Crippen LogP contribution in [0.25, 0.3) is 32.3 Å². The molecule has 0 fully saturated rings. The maximum Gasteiger partial charge on any atom is 0.360 e. The molecule has 24 heteroatoms. The summed E-state index contributed by atoms with van der Waals surface area (Å²) in [4.78, 5) is 105. The molecule has 0 aliphatic carbocycles. The quantitative estimate of drug-likeness (QED) is 0.0516. The number of para-hydroxylation sites is 3. The third-order valence-corrected chi connectivity index (χ3v) is 12.0. The molecular formula is C67H66N4O20. The number of aromatic hydroxyl groups is 2. The zero-order valence-electron chi connectivity index (χ0n) is 50.5. The Hall–Kier alpha value is -11.5. The standard InChI is InChI=1S/C22H19NO7.C20H20N2O4.C20H17NO6.C4H6O3.CH4/c1-13(24)28-12-17-16-10-7-11-18(30-15-8-5-4-6-9-15)19(16)21(29-14(2)25)20(23-17)22(26)27-3;1-22(2)12-15-14-10-7-11-16(26-13-8-5-4-6-9-13)17(14)19(23)18(21-15)20(24)25-3;1-12(22)26-11-15-14-9-6-10-16(27-13-7-4-3-5-8-13)17(14)19(23)18(21-15)20(24)25-2;1-3(5)7-4(2)6;/h4-11H,12H2,1-3H3;4-11,23H,12H2,1-3H3;3-10,23H,11H2,1-2H3;1-2H3;1H4. The third-order valence-electron chi connectivity index (χ3n) is 12.0. The van der Waals surface area contributed by atoms with Gasteiger partial charge in [0.25, 0.3) is 0 Å². The second-order valence-corrected chi connectivity index (χ2v) is 19.0. The Morgan fingerprint density at radius 1 is 0.407 bits per heavy atom. The Kier molecular flexibility index (Phi) is 25.9. The maximum atomic E-state index is 12.4. The molecule has 0 amide bonds. The number of aromatic nitrogens is 3. The Balaban J connectivity index is 0.000000234. The van der Waals surface area contributed by atoms with E-state index in [1.165, 1.54) is 55.9 Å². The maximum absolute atomic E-state index is 12.4. The van der Waals surface area contributed by atoms with Crippen molar-refractivity contribution in [3.8, 4) is 51.7 Å². The van der Waals surface area contributed by atoms with Gasteiger partial charge in [0.15, 0.2) is 34.3 Å². The van der Waals surface area contributed by atoms with Crippen LogP contribution in [0, 0.1) is 0 Å². The molecular weight excluding hydrogens is 1180 g/mol. The van der Waals surface area contributed by atoms with Gasteiger partial charge in [0.2, 0.25) is 0 Å². The van der Waals surface area contributed by atoms with Gasteiger partial charge in [0.1, 0.15) is 47.7 Å². The molecule has 91 heavy (non-hydrogen) atoms. The van der Waals surface area contributed by atoms with Gasteiger partial charge in [-0.2, -0.15) is 0 Å². The first-order valence-corrected chi connectivity index (χ1v) is 27.0. The number of carbonyl (C=O) groups excluding carboxylic acids is 8. The van der Waals surface area contributed by atoms with Gasteiger partial charge in [-0.3, -0.25) is 24.0 Å². The van der Waals surface area contributed by atoms with Crippen molar-refractivity contribution in [3.63, 3.8) is 0 Å². The number of carbonyl (C=O) groups is 8. The fourth-order valence-corrected chi connectivity index (χ4v) is 8.38. The van der Waals surface area contributed by atoms with Crippen molar-refractivity contribution < 1.29 is 95.9 Å². The molecule has 9 rings (SSSR count). The lowest BCUT2D eigenvalue weighted by Gasteiger charge is -2.17. The molecule has 6 aromatic carbocycles. The number of ether oxygens (including phenoxy) is 10. The van der Waals surface area contributed by atoms with E-state index in [1.807, 2.05) is 85.7 Å². The summed E-state index contributed by atoms with van der Waals surface area (Å²) in [7, 11) is 7.44. The number of pyridine rings is 3. The highest BCUT2D eigenvalue weighted by atomic mass is 16.6. The largest absolute Gasteiger partial charge is 0.505 e. The van der Waals surface area contributed by atoms with Gasteiger partial charge in [-0.15, -0.1) is 0 Å². The molecule has 0 spiro atoms. The van der Waals surface area contributed by atoms with Crippen LogP contribution in [0.5, 0.6) is 51.7 Å². The van der Waals surface area contributed by atoms with Gasteiger partial charge in [-0.25, -0.2) is 29.3 Å². The van der Waals surface area contributed by atoms with Gasteiger partial charge in [-0.1, -0.05) is 98.4 Å². The summed E-state index contributed by atoms with van der Waals surface area (Å²) in [6.07, 6.45) is 0. The van der Waals surface area contributed by atoms with Crippen LogP contribution in [-0.2, 0) is 72.2 Å². The Labute approximate surface area is 522 Å². The average molecular weight is 1250 g/mol. The molecule has 3 aromatic heterocycles. The van der Waals surface area contributed by atoms with Gasteiger partial charge in [-0.05, 0) is 68.7 Å². The van der Waals surface area contributed by atoms with Crippen LogP contribution in [0.1, 0.15) is 90.6 Å². The molecule has 0 atom stereocenters. The minimum absolute atomic E-state index is 0. The van der Waals surface area contributed by atoms with E-state index in [1.54, 1.807) is 78.9 Å². The first-order chi connectivity index (χ1) is 43.0. The molecule has 0 saturated carbocycles. The molecule has 0 aliphatic heterocycles. The number of fused-ring (bicyclic) bond motifs is 3. The molecule has 0 bridgehead atoms. The third kappa shape index (κ3) is 19.2. The molecule has 0 aliphatic rings. The first-order valence-electron chi connectivity index (χ1n) is 27.0. The fraction of sp³-hybridized carbons (Fsp3) is 0.209. The molecule has 0 unspecified atom stereocenters. The van der Waals surface area contributed by atoms with E-state index in [0.717, 1.165) is 5.39 Å². The summed E-state index contributed by atoms with van der Waals surface area (Å²) in [6.45, 7) is 6.25. The summed E-state index contributed by atoms with van der Waals surface area (Å²) in [6, 6.07) is 42.8. The van der Waals surface area contributed by atoms with Gasteiger partial charge < -0.3 is 62.5 Å². The van der Waals surface area contributed by atoms with Crippen molar-refractivity contribution in [2.24, 2.45) is 0 Å². The smallest absolute Gasteiger partial charge is 0.360 e. The van der Waals surface area contributed by atoms with E-state index in [0.29, 0.717) is 74.0 Å². The zero-order chi connectivity index (χ0) is 65.6. The predicted octanol–water partition coefficient (Wildman–Crippen LogP) is 11.7. The first kappa shape index (κ1) is 70.2. The van der Waals surface area contributed by atoms with E-state index in [-0.39, 0.29) is 66.1 Å². The Morgan fingerprint density at radius 3 is 1.07 bits per heavy atom. The molecule has 24 nitrogen and oxygen atoms in total. The van der Waals surface area contributed by atoms with E-state index in [4.69, 9.17) is 42.6 Å². The zero-order valence-corrected chi connectivity index (χ0v) is 50.5. The van der Waals surface area contributed by atoms with Crippen molar-refractivity contribution in [1.82, 2.24) is 19.9 Å². The number of hydrogen-bond donors (Lipinski definition) is 2. The summed E-state index contributed by atoms with van der Waals surface area (Å²) < 4.78 is 51.5. The lowest BCUT2D eigenvalue weighted by atomic mass is 10.1. The highest BCUT2D eigenvalue weighted by Gasteiger charge is 2.28. The van der Waals surface area contributed by atoms with E-state index < -0.39 is 47.8 Å². The minimum atomic E-state index is -0.813. The molecule has 474 valence electrons. The molecule has 0 radical (unpaired) electrons. The predicted molar refractivity (Wildman–Crippen MR) is 331 cm³/mol. The lowest BCUT2D eigenvalue weighted by Crippen LogP contribution is -2.15. The second kappa shape index (κ2) is 33.6. The number of hydrogen-bond acceptors (Lipinski definition) is 24. The number of benzene rings is 6. The summed E-state index contributed by atoms with van der Waals surface area (Å²) in [5.41, 5.74) is 0.609. The van der Waals surface area contributed by atoms with Crippen LogP contribution >= 0.6 is 0 Å². The van der Waals surface area contributed by atoms with Crippen LogP contribution in [0.2, 0.25) is 0 Å². The Bertz CT molecular complexity index is 4080. The van der Waals surface area contributed by atoms with E-state index in [2.05, 4.69) is 19.7 Å². The number of nitrogens with zero attached hydrogens (tertiary/aromatic N) is 4. The number of rotatable bonds is 16. The van der Waals surface area contributed by atoms with Crippen LogP contribution in [0.3, 0.4) is 0 Å². The van der Waals surface area contributed by atoms with Crippen molar-refractivity contribution in [2.45, 2.75) is 61.8 Å². The van der Waals surface area contributed by atoms with Crippen molar-refractivity contribution in [1.29, 1.82) is 0 Å². The van der Waals surface area contributed by atoms with Crippen molar-refractivity contribution in [2.75, 3.05) is 35.4 Å². The summed E-state index contributed by atoms with van der Waals surface area (Å²) in [5, 5.41) is 24.1. The van der Waals surface area contributed by atoms with Crippen LogP contribution in [0.15, 0.2) is 146 Å². The van der Waals surface area contributed by atoms with Gasteiger partial charge in [0, 0.05) is 57.3 Å². The minimum Gasteiger partial charge on any atom is -0.505 e. The summed E-state index contributed by atoms with van der Waals surface area (Å²) in [5.74, 6) is -2.98. The topological polar surface area (TPSA) is 311 Å². The van der Waals surface area contributed by atoms with Crippen LogP contribution < -0.4 is 18.9 Å². The average Bonchev–Trinajstić information content (AvgIpc) is 0.797. The van der Waals surface area contributed by atoms with E-state index in [9.17, 15) is 48.6 Å². The molecule has 9 aromatic rings. The van der Waals surface area contributed by atoms with Crippen LogP contribution in [-0.4, -0.2) is 113 Å². The molecule has 2 N–H and O–H groups in total. The molecule has 3 heterocycles. The number of esters is 8. The lowest BCUT2D eigenvalue weighted by molar-refractivity contribution is -0.156. The number of methoxy groups -OCH3 is 3. The van der Waals surface area contributed by atoms with Crippen molar-refractivity contribution >= 4 is 80.1 Å². The summed E-state index contributed by atoms with van der Waals surface area (Å²) >= 11 is 0. The Morgan fingerprint density at radius 2 is 0.736 bits per heavy atom. The van der Waals surface area contributed by atoms with E-state index >= 15 is 0 Å². The van der Waals surface area contributed by atoms with Gasteiger partial charge in [0.05, 0.1) is 54.6 Å². The second-order valence-electron chi connectivity index (χ2n) is 19.0. The SMILES string of the molecule is C.CC(=O)OC(C)=O.COC(=O)c1nc(CN(C)C)c2cccc(Oc3ccccc3)c2c1O.COC(=O)c1nc(COC(C)=O)c2cccc(Oc3ccccc3)c2c1O.COC(=O)c1nc(COC(C)=O)c2cccc(Oc3ccccc3)c2c1OC(C)=O.